The Morgan fingerprint density at radius 2 is 1.47 bits per heavy atom. The number of hydrogen-bond donors (Lipinski definition) is 3. The Bertz CT molecular complexity index is 1480. The largest absolute Gasteiger partial charge is 0.508 e. The molecule has 190 valence electrons. The van der Waals surface area contributed by atoms with Crippen molar-refractivity contribution in [2.75, 3.05) is 16.8 Å². The smallest absolute Gasteiger partial charge is 0.300 e. The van der Waals surface area contributed by atoms with Crippen LogP contribution in [0.15, 0.2) is 109 Å². The molecule has 3 N–H and O–H groups in total. The number of para-hydroxylation sites is 1. The molecule has 0 bridgehead atoms. The van der Waals surface area contributed by atoms with Crippen LogP contribution in [0.5, 0.6) is 11.5 Å². The normalized spacial score (nSPS) is 16.4. The van der Waals surface area contributed by atoms with E-state index in [1.54, 1.807) is 48.5 Å². The number of anilines is 3. The van der Waals surface area contributed by atoms with E-state index in [-0.39, 0.29) is 17.1 Å². The lowest BCUT2D eigenvalue weighted by Gasteiger charge is -2.25. The lowest BCUT2D eigenvalue weighted by atomic mass is 9.95. The lowest BCUT2D eigenvalue weighted by Crippen LogP contribution is -2.29. The number of aliphatic hydroxyl groups is 1. The topological polar surface area (TPSA) is 99.1 Å². The first kappa shape index (κ1) is 24.6. The zero-order valence-electron chi connectivity index (χ0n) is 20.7. The second-order valence-electron chi connectivity index (χ2n) is 8.76. The molecule has 0 saturated carbocycles. The summed E-state index contributed by atoms with van der Waals surface area (Å²) in [5, 5.41) is 24.4. The first-order valence-electron chi connectivity index (χ1n) is 12.2. The van der Waals surface area contributed by atoms with Gasteiger partial charge in [-0.15, -0.1) is 0 Å². The molecule has 1 atom stereocenters. The summed E-state index contributed by atoms with van der Waals surface area (Å²) in [5.41, 5.74) is 3.15. The molecule has 4 aromatic carbocycles. The number of nitrogens with one attached hydrogen (secondary N) is 1. The van der Waals surface area contributed by atoms with Crippen LogP contribution in [0.2, 0.25) is 0 Å². The Kier molecular flexibility index (Phi) is 6.82. The molecule has 7 heteroatoms. The molecule has 1 saturated heterocycles. The van der Waals surface area contributed by atoms with Crippen molar-refractivity contribution in [2.24, 2.45) is 0 Å². The Balaban J connectivity index is 1.56. The van der Waals surface area contributed by atoms with Gasteiger partial charge in [-0.05, 0) is 85.3 Å². The number of rotatable bonds is 7. The van der Waals surface area contributed by atoms with Crippen LogP contribution in [0, 0.1) is 0 Å². The van der Waals surface area contributed by atoms with Gasteiger partial charge in [0, 0.05) is 22.6 Å². The number of phenolic OH excluding ortho intramolecular Hbond substituents is 1. The zero-order chi connectivity index (χ0) is 26.6. The predicted octanol–water partition coefficient (Wildman–Crippen LogP) is 6.16. The molecule has 1 amide bonds. The maximum Gasteiger partial charge on any atom is 0.300 e. The Labute approximate surface area is 220 Å². The van der Waals surface area contributed by atoms with Gasteiger partial charge in [0.15, 0.2) is 0 Å². The third-order valence-corrected chi connectivity index (χ3v) is 6.30. The summed E-state index contributed by atoms with van der Waals surface area (Å²) in [5.74, 6) is -1.15. The highest BCUT2D eigenvalue weighted by atomic mass is 16.5. The van der Waals surface area contributed by atoms with E-state index in [0.717, 1.165) is 11.4 Å². The molecule has 38 heavy (non-hydrogen) atoms. The molecular formula is C31H26N2O5. The van der Waals surface area contributed by atoms with E-state index in [9.17, 15) is 19.8 Å². The van der Waals surface area contributed by atoms with Gasteiger partial charge in [0.25, 0.3) is 11.7 Å². The molecule has 1 unspecified atom stereocenters. The number of ether oxygens (including phenoxy) is 1. The molecule has 1 aliphatic heterocycles. The van der Waals surface area contributed by atoms with Crippen molar-refractivity contribution in [3.8, 4) is 11.5 Å². The van der Waals surface area contributed by atoms with Gasteiger partial charge in [-0.3, -0.25) is 14.5 Å². The van der Waals surface area contributed by atoms with Crippen LogP contribution < -0.4 is 15.0 Å². The number of aromatic hydroxyl groups is 1. The van der Waals surface area contributed by atoms with Crippen LogP contribution in [0.4, 0.5) is 17.1 Å². The van der Waals surface area contributed by atoms with Gasteiger partial charge in [-0.1, -0.05) is 30.3 Å². The molecule has 0 radical (unpaired) electrons. The summed E-state index contributed by atoms with van der Waals surface area (Å²) in [6.07, 6.45) is 0. The fraction of sp³-hybridized carbons (Fsp3) is 0.0968. The van der Waals surface area contributed by atoms with Crippen LogP contribution in [-0.2, 0) is 9.59 Å². The number of Topliss-reactive ketones (excluding diaryl/α,β-unsaturated/α-hetero) is 1. The molecule has 1 fully saturated rings. The van der Waals surface area contributed by atoms with Gasteiger partial charge < -0.3 is 20.3 Å². The number of hydrogen-bond acceptors (Lipinski definition) is 6. The molecule has 0 aromatic heterocycles. The average Bonchev–Trinajstić information content (AvgIpc) is 3.20. The standard InChI is InChI=1S/C31H26N2O5/c1-2-38-26-18-10-21(11-19-26)29(35)27-28(20-8-16-25(34)17-9-20)33(31(37)30(27)36)24-14-12-23(13-15-24)32-22-6-4-3-5-7-22/h3-19,28,32,34-35H,2H2,1H3/b29-27+. The van der Waals surface area contributed by atoms with Gasteiger partial charge >= 0.3 is 0 Å². The minimum absolute atomic E-state index is 0.0312. The van der Waals surface area contributed by atoms with Crippen LogP contribution in [-0.4, -0.2) is 28.5 Å². The molecule has 7 nitrogen and oxygen atoms in total. The predicted molar refractivity (Wildman–Crippen MR) is 147 cm³/mol. The number of phenols is 1. The average molecular weight is 507 g/mol. The summed E-state index contributed by atoms with van der Waals surface area (Å²) in [4.78, 5) is 28.1. The second kappa shape index (κ2) is 10.5. The van der Waals surface area contributed by atoms with Crippen LogP contribution >= 0.6 is 0 Å². The molecule has 5 rings (SSSR count). The van der Waals surface area contributed by atoms with Crippen molar-refractivity contribution in [3.63, 3.8) is 0 Å². The van der Waals surface area contributed by atoms with Gasteiger partial charge in [0.05, 0.1) is 18.2 Å². The van der Waals surface area contributed by atoms with E-state index in [4.69, 9.17) is 4.74 Å². The Hall–Kier alpha value is -5.04. The number of amides is 1. The van der Waals surface area contributed by atoms with Crippen LogP contribution in [0.1, 0.15) is 24.1 Å². The maximum atomic E-state index is 13.4. The summed E-state index contributed by atoms with van der Waals surface area (Å²) in [7, 11) is 0. The van der Waals surface area contributed by atoms with E-state index in [1.165, 1.54) is 17.0 Å². The van der Waals surface area contributed by atoms with Gasteiger partial charge in [0.1, 0.15) is 17.3 Å². The Morgan fingerprint density at radius 1 is 0.842 bits per heavy atom. The van der Waals surface area contributed by atoms with Crippen LogP contribution in [0.25, 0.3) is 5.76 Å². The van der Waals surface area contributed by atoms with E-state index in [2.05, 4.69) is 5.32 Å². The van der Waals surface area contributed by atoms with Gasteiger partial charge in [0.2, 0.25) is 0 Å². The van der Waals surface area contributed by atoms with E-state index >= 15 is 0 Å². The molecule has 1 heterocycles. The summed E-state index contributed by atoms with van der Waals surface area (Å²) >= 11 is 0. The number of ketones is 1. The monoisotopic (exact) mass is 506 g/mol. The third kappa shape index (κ3) is 4.82. The maximum absolute atomic E-state index is 13.4. The molecule has 4 aromatic rings. The highest BCUT2D eigenvalue weighted by Crippen LogP contribution is 2.42. The van der Waals surface area contributed by atoms with Crippen LogP contribution in [0.3, 0.4) is 0 Å². The number of carbonyl (C=O) groups is 2. The quantitative estimate of drug-likeness (QED) is 0.158. The van der Waals surface area contributed by atoms with E-state index in [0.29, 0.717) is 29.2 Å². The van der Waals surface area contributed by atoms with E-state index in [1.807, 2.05) is 49.4 Å². The summed E-state index contributed by atoms with van der Waals surface area (Å²) in [6, 6.07) is 28.8. The molecular weight excluding hydrogens is 480 g/mol. The summed E-state index contributed by atoms with van der Waals surface area (Å²) in [6.45, 7) is 2.37. The number of nitrogens with zero attached hydrogens (tertiary/aromatic N) is 1. The number of aliphatic hydroxyl groups excluding tert-OH is 1. The minimum Gasteiger partial charge on any atom is -0.508 e. The van der Waals surface area contributed by atoms with Crippen molar-refractivity contribution in [1.82, 2.24) is 0 Å². The molecule has 0 aliphatic carbocycles. The number of carbonyl (C=O) groups excluding carboxylic acids is 2. The van der Waals surface area contributed by atoms with E-state index < -0.39 is 17.7 Å². The fourth-order valence-corrected chi connectivity index (χ4v) is 4.50. The Morgan fingerprint density at radius 3 is 2.11 bits per heavy atom. The second-order valence-corrected chi connectivity index (χ2v) is 8.76. The zero-order valence-corrected chi connectivity index (χ0v) is 20.7. The third-order valence-electron chi connectivity index (χ3n) is 6.30. The van der Waals surface area contributed by atoms with Crippen molar-refractivity contribution < 1.29 is 24.5 Å². The fourth-order valence-electron chi connectivity index (χ4n) is 4.50. The first-order chi connectivity index (χ1) is 18.5. The molecule has 1 aliphatic rings. The number of benzene rings is 4. The first-order valence-corrected chi connectivity index (χ1v) is 12.2. The van der Waals surface area contributed by atoms with Gasteiger partial charge in [-0.2, -0.15) is 0 Å². The molecule has 0 spiro atoms. The van der Waals surface area contributed by atoms with Gasteiger partial charge in [-0.25, -0.2) is 0 Å². The van der Waals surface area contributed by atoms with Crippen molar-refractivity contribution in [2.45, 2.75) is 13.0 Å². The van der Waals surface area contributed by atoms with Crippen molar-refractivity contribution >= 4 is 34.5 Å². The van der Waals surface area contributed by atoms with Crippen molar-refractivity contribution in [1.29, 1.82) is 0 Å². The minimum atomic E-state index is -0.893. The summed E-state index contributed by atoms with van der Waals surface area (Å²) < 4.78 is 5.47. The SMILES string of the molecule is CCOc1ccc(/C(O)=C2\C(=O)C(=O)N(c3ccc(Nc4ccccc4)cc3)C2c2ccc(O)cc2)cc1. The highest BCUT2D eigenvalue weighted by molar-refractivity contribution is 6.51. The highest BCUT2D eigenvalue weighted by Gasteiger charge is 2.47. The van der Waals surface area contributed by atoms with Crippen molar-refractivity contribution in [3.05, 3.63) is 120 Å². The lowest BCUT2D eigenvalue weighted by molar-refractivity contribution is -0.132.